The van der Waals surface area contributed by atoms with Crippen LogP contribution in [0.5, 0.6) is 11.5 Å². The molecule has 3 rings (SSSR count). The number of hydrogen-bond donors (Lipinski definition) is 0. The number of fused-ring (bicyclic) bond motifs is 1. The summed E-state index contributed by atoms with van der Waals surface area (Å²) in [5, 5.41) is 0. The fraction of sp³-hybridized carbons (Fsp3) is 0.278. The molecule has 5 heteroatoms. The van der Waals surface area contributed by atoms with E-state index in [4.69, 9.17) is 9.47 Å². The fourth-order valence-corrected chi connectivity index (χ4v) is 2.98. The summed E-state index contributed by atoms with van der Waals surface area (Å²) < 4.78 is 11.7. The number of aryl methyl sites for hydroxylation is 1. The summed E-state index contributed by atoms with van der Waals surface area (Å²) in [6.45, 7) is 0.828. The predicted octanol–water partition coefficient (Wildman–Crippen LogP) is 3.77. The van der Waals surface area contributed by atoms with Gasteiger partial charge in [0, 0.05) is 24.5 Å². The Labute approximate surface area is 144 Å². The second-order valence-electron chi connectivity index (χ2n) is 5.57. The van der Waals surface area contributed by atoms with Crippen LogP contribution in [0.4, 0.5) is 0 Å². The fourth-order valence-electron chi connectivity index (χ4n) is 2.54. The second-order valence-corrected chi connectivity index (χ2v) is 6.48. The van der Waals surface area contributed by atoms with E-state index >= 15 is 0 Å². The van der Waals surface area contributed by atoms with Gasteiger partial charge in [0.05, 0.1) is 0 Å². The Morgan fingerprint density at radius 3 is 2.78 bits per heavy atom. The minimum atomic E-state index is 0.127. The van der Waals surface area contributed by atoms with Crippen LogP contribution in [0.2, 0.25) is 0 Å². The molecule has 0 atom stereocenters. The predicted molar refractivity (Wildman–Crippen MR) is 91.5 cm³/mol. The number of carbonyl (C=O) groups excluding carboxylic acids is 1. The monoisotopic (exact) mass is 375 g/mol. The minimum absolute atomic E-state index is 0.127. The van der Waals surface area contributed by atoms with Gasteiger partial charge in [-0.15, -0.1) is 0 Å². The normalized spacial score (nSPS) is 12.3. The van der Waals surface area contributed by atoms with Crippen molar-refractivity contribution in [3.63, 3.8) is 0 Å². The van der Waals surface area contributed by atoms with Gasteiger partial charge in [0.2, 0.25) is 12.7 Å². The van der Waals surface area contributed by atoms with Crippen molar-refractivity contribution in [1.29, 1.82) is 0 Å². The van der Waals surface area contributed by atoms with Crippen LogP contribution >= 0.6 is 15.9 Å². The first-order valence-corrected chi connectivity index (χ1v) is 8.28. The first kappa shape index (κ1) is 15.9. The number of ether oxygens (including phenoxy) is 2. The standard InChI is InChI=1S/C18H18BrNO3/c1-20(11-14-5-7-16-17(10-14)23-12-22-16)18(21)8-6-13-3-2-4-15(19)9-13/h2-5,7,9-10H,6,8,11-12H2,1H3. The van der Waals surface area contributed by atoms with Crippen LogP contribution in [0.25, 0.3) is 0 Å². The number of benzene rings is 2. The maximum Gasteiger partial charge on any atom is 0.231 e. The van der Waals surface area contributed by atoms with E-state index in [2.05, 4.69) is 15.9 Å². The lowest BCUT2D eigenvalue weighted by atomic mass is 10.1. The van der Waals surface area contributed by atoms with Gasteiger partial charge in [-0.25, -0.2) is 0 Å². The van der Waals surface area contributed by atoms with Gasteiger partial charge in [-0.2, -0.15) is 0 Å². The third kappa shape index (κ3) is 4.05. The highest BCUT2D eigenvalue weighted by Crippen LogP contribution is 2.32. The maximum atomic E-state index is 12.3. The SMILES string of the molecule is CN(Cc1ccc2c(c1)OCO2)C(=O)CCc1cccc(Br)c1. The quantitative estimate of drug-likeness (QED) is 0.798. The molecular formula is C18H18BrNO3. The molecule has 1 amide bonds. The van der Waals surface area contributed by atoms with E-state index in [1.165, 1.54) is 0 Å². The topological polar surface area (TPSA) is 38.8 Å². The summed E-state index contributed by atoms with van der Waals surface area (Å²) in [6.07, 6.45) is 1.24. The van der Waals surface area contributed by atoms with Crippen LogP contribution in [-0.2, 0) is 17.8 Å². The van der Waals surface area contributed by atoms with Gasteiger partial charge in [0.1, 0.15) is 0 Å². The van der Waals surface area contributed by atoms with Crippen molar-refractivity contribution in [3.05, 3.63) is 58.1 Å². The second kappa shape index (κ2) is 7.04. The Morgan fingerprint density at radius 2 is 1.96 bits per heavy atom. The molecule has 1 heterocycles. The molecule has 0 unspecified atom stereocenters. The Balaban J connectivity index is 1.55. The van der Waals surface area contributed by atoms with Gasteiger partial charge in [-0.3, -0.25) is 4.79 Å². The molecular weight excluding hydrogens is 358 g/mol. The van der Waals surface area contributed by atoms with Gasteiger partial charge in [0.25, 0.3) is 0 Å². The Bertz CT molecular complexity index is 717. The van der Waals surface area contributed by atoms with E-state index in [1.54, 1.807) is 4.90 Å². The molecule has 0 N–H and O–H groups in total. The zero-order chi connectivity index (χ0) is 16.2. The minimum Gasteiger partial charge on any atom is -0.454 e. The molecule has 120 valence electrons. The molecule has 0 saturated heterocycles. The summed E-state index contributed by atoms with van der Waals surface area (Å²) in [7, 11) is 1.83. The van der Waals surface area contributed by atoms with Gasteiger partial charge < -0.3 is 14.4 Å². The molecule has 1 aliphatic rings. The molecule has 0 fully saturated rings. The van der Waals surface area contributed by atoms with Crippen molar-refractivity contribution in [2.24, 2.45) is 0 Å². The average molecular weight is 376 g/mol. The number of amides is 1. The lowest BCUT2D eigenvalue weighted by Gasteiger charge is -2.17. The molecule has 0 spiro atoms. The molecule has 23 heavy (non-hydrogen) atoms. The van der Waals surface area contributed by atoms with Gasteiger partial charge in [-0.05, 0) is 41.8 Å². The Morgan fingerprint density at radius 1 is 1.13 bits per heavy atom. The van der Waals surface area contributed by atoms with E-state index < -0.39 is 0 Å². The summed E-state index contributed by atoms with van der Waals surface area (Å²) in [5.74, 6) is 1.64. The highest BCUT2D eigenvalue weighted by molar-refractivity contribution is 9.10. The Hall–Kier alpha value is -2.01. The third-order valence-corrected chi connectivity index (χ3v) is 4.29. The van der Waals surface area contributed by atoms with Crippen molar-refractivity contribution in [1.82, 2.24) is 4.90 Å². The van der Waals surface area contributed by atoms with E-state index in [9.17, 15) is 4.79 Å². The van der Waals surface area contributed by atoms with Crippen LogP contribution in [0, 0.1) is 0 Å². The average Bonchev–Trinajstić information content (AvgIpc) is 3.00. The summed E-state index contributed by atoms with van der Waals surface area (Å²) >= 11 is 3.45. The molecule has 1 aliphatic heterocycles. The van der Waals surface area contributed by atoms with Crippen molar-refractivity contribution < 1.29 is 14.3 Å². The first-order chi connectivity index (χ1) is 11.1. The van der Waals surface area contributed by atoms with Crippen LogP contribution in [0.1, 0.15) is 17.5 Å². The molecule has 0 radical (unpaired) electrons. The zero-order valence-electron chi connectivity index (χ0n) is 12.9. The number of nitrogens with zero attached hydrogens (tertiary/aromatic N) is 1. The number of hydrogen-bond acceptors (Lipinski definition) is 3. The largest absolute Gasteiger partial charge is 0.454 e. The smallest absolute Gasteiger partial charge is 0.231 e. The lowest BCUT2D eigenvalue weighted by Crippen LogP contribution is -2.26. The van der Waals surface area contributed by atoms with Gasteiger partial charge in [0.15, 0.2) is 11.5 Å². The highest BCUT2D eigenvalue weighted by Gasteiger charge is 2.15. The molecule has 2 aromatic carbocycles. The molecule has 0 saturated carbocycles. The molecule has 0 aromatic heterocycles. The lowest BCUT2D eigenvalue weighted by molar-refractivity contribution is -0.130. The van der Waals surface area contributed by atoms with Crippen molar-refractivity contribution in [2.45, 2.75) is 19.4 Å². The van der Waals surface area contributed by atoms with E-state index in [0.717, 1.165) is 33.5 Å². The van der Waals surface area contributed by atoms with Crippen LogP contribution in [-0.4, -0.2) is 24.6 Å². The van der Waals surface area contributed by atoms with E-state index in [0.29, 0.717) is 13.0 Å². The Kier molecular flexibility index (Phi) is 4.86. The van der Waals surface area contributed by atoms with Gasteiger partial charge >= 0.3 is 0 Å². The molecule has 2 aromatic rings. The zero-order valence-corrected chi connectivity index (χ0v) is 14.5. The van der Waals surface area contributed by atoms with Crippen molar-refractivity contribution >= 4 is 21.8 Å². The molecule has 4 nitrogen and oxygen atoms in total. The number of rotatable bonds is 5. The van der Waals surface area contributed by atoms with E-state index in [1.807, 2.05) is 49.5 Å². The van der Waals surface area contributed by atoms with Crippen molar-refractivity contribution in [3.8, 4) is 11.5 Å². The first-order valence-electron chi connectivity index (χ1n) is 7.49. The number of carbonyl (C=O) groups is 1. The number of halogens is 1. The maximum absolute atomic E-state index is 12.3. The van der Waals surface area contributed by atoms with Crippen LogP contribution in [0.15, 0.2) is 46.9 Å². The van der Waals surface area contributed by atoms with E-state index in [-0.39, 0.29) is 12.7 Å². The van der Waals surface area contributed by atoms with Crippen LogP contribution < -0.4 is 9.47 Å². The summed E-state index contributed by atoms with van der Waals surface area (Å²) in [4.78, 5) is 14.0. The molecule has 0 aliphatic carbocycles. The summed E-state index contributed by atoms with van der Waals surface area (Å²) in [5.41, 5.74) is 2.19. The van der Waals surface area contributed by atoms with Gasteiger partial charge in [-0.1, -0.05) is 34.1 Å². The summed E-state index contributed by atoms with van der Waals surface area (Å²) in [6, 6.07) is 13.8. The highest BCUT2D eigenvalue weighted by atomic mass is 79.9. The van der Waals surface area contributed by atoms with Crippen molar-refractivity contribution in [2.75, 3.05) is 13.8 Å². The van der Waals surface area contributed by atoms with Crippen LogP contribution in [0.3, 0.4) is 0 Å². The third-order valence-electron chi connectivity index (χ3n) is 3.80. The molecule has 0 bridgehead atoms.